The fraction of sp³-hybridized carbons (Fsp3) is 0.778. The summed E-state index contributed by atoms with van der Waals surface area (Å²) in [5, 5.41) is 0. The normalized spacial score (nSPS) is 26.4. The molecule has 0 aromatic heterocycles. The molecule has 1 atom stereocenters. The number of ether oxygens (including phenoxy) is 1. The molecule has 1 fully saturated rings. The van der Waals surface area contributed by atoms with Crippen LogP contribution in [0.15, 0.2) is 0 Å². The number of morpholine rings is 1. The maximum atomic E-state index is 5.34. The van der Waals surface area contributed by atoms with Gasteiger partial charge in [0.1, 0.15) is 0 Å². The highest BCUT2D eigenvalue weighted by Gasteiger charge is 2.19. The van der Waals surface area contributed by atoms with E-state index in [1.165, 1.54) is 0 Å². The van der Waals surface area contributed by atoms with Crippen molar-refractivity contribution in [2.75, 3.05) is 26.3 Å². The quantitative estimate of drug-likeness (QED) is 0.542. The van der Waals surface area contributed by atoms with E-state index in [1.54, 1.807) is 0 Å². The van der Waals surface area contributed by atoms with Crippen LogP contribution in [0.4, 0.5) is 0 Å². The molecule has 0 aliphatic carbocycles. The predicted octanol–water partition coefficient (Wildman–Crippen LogP) is 0.730. The zero-order valence-electron chi connectivity index (χ0n) is 7.05. The van der Waals surface area contributed by atoms with Crippen LogP contribution in [-0.2, 0) is 4.74 Å². The highest BCUT2D eigenvalue weighted by molar-refractivity contribution is 4.91. The summed E-state index contributed by atoms with van der Waals surface area (Å²) in [6.45, 7) is 5.60. The van der Waals surface area contributed by atoms with E-state index in [9.17, 15) is 0 Å². The van der Waals surface area contributed by atoms with E-state index in [1.807, 2.05) is 0 Å². The van der Waals surface area contributed by atoms with Gasteiger partial charge >= 0.3 is 0 Å². The smallest absolute Gasteiger partial charge is 0.0622 e. The second kappa shape index (κ2) is 4.38. The Balaban J connectivity index is 2.39. The van der Waals surface area contributed by atoms with E-state index in [0.29, 0.717) is 6.04 Å². The second-order valence-corrected chi connectivity index (χ2v) is 2.81. The zero-order valence-corrected chi connectivity index (χ0v) is 7.05. The van der Waals surface area contributed by atoms with E-state index in [4.69, 9.17) is 11.2 Å². The topological polar surface area (TPSA) is 12.5 Å². The first-order valence-corrected chi connectivity index (χ1v) is 4.13. The number of rotatable bonds is 2. The van der Waals surface area contributed by atoms with Gasteiger partial charge in [0.2, 0.25) is 0 Å². The van der Waals surface area contributed by atoms with Crippen LogP contribution >= 0.6 is 0 Å². The number of hydrogen-bond donors (Lipinski definition) is 0. The number of nitrogens with zero attached hydrogens (tertiary/aromatic N) is 1. The highest BCUT2D eigenvalue weighted by atomic mass is 16.5. The summed E-state index contributed by atoms with van der Waals surface area (Å²) in [6, 6.07) is 0.541. The van der Waals surface area contributed by atoms with Crippen LogP contribution < -0.4 is 0 Å². The molecule has 0 aromatic rings. The van der Waals surface area contributed by atoms with Crippen LogP contribution in [0.1, 0.15) is 13.3 Å². The summed E-state index contributed by atoms with van der Waals surface area (Å²) in [5.74, 6) is 2.67. The van der Waals surface area contributed by atoms with Crippen LogP contribution in [0.5, 0.6) is 0 Å². The van der Waals surface area contributed by atoms with Gasteiger partial charge in [-0.2, -0.15) is 0 Å². The Bertz CT molecular complexity index is 150. The van der Waals surface area contributed by atoms with Crippen molar-refractivity contribution >= 4 is 0 Å². The third-order valence-electron chi connectivity index (χ3n) is 2.12. The fourth-order valence-electron chi connectivity index (χ4n) is 1.39. The minimum atomic E-state index is 0.541. The Kier molecular flexibility index (Phi) is 3.41. The first-order valence-electron chi connectivity index (χ1n) is 4.13. The van der Waals surface area contributed by atoms with E-state index >= 15 is 0 Å². The molecule has 1 aliphatic rings. The molecule has 0 radical (unpaired) electrons. The SMILES string of the molecule is C#CCN1CCOCC1CC. The van der Waals surface area contributed by atoms with Gasteiger partial charge in [-0.1, -0.05) is 12.8 Å². The summed E-state index contributed by atoms with van der Waals surface area (Å²) >= 11 is 0. The van der Waals surface area contributed by atoms with Crippen LogP contribution in [0.2, 0.25) is 0 Å². The lowest BCUT2D eigenvalue weighted by Gasteiger charge is -2.33. The number of terminal acetylenes is 1. The van der Waals surface area contributed by atoms with Crippen LogP contribution in [0.3, 0.4) is 0 Å². The lowest BCUT2D eigenvalue weighted by Crippen LogP contribution is -2.45. The van der Waals surface area contributed by atoms with Gasteiger partial charge in [0.15, 0.2) is 0 Å². The predicted molar refractivity (Wildman–Crippen MR) is 45.3 cm³/mol. The van der Waals surface area contributed by atoms with Crippen molar-refractivity contribution in [3.63, 3.8) is 0 Å². The summed E-state index contributed by atoms with van der Waals surface area (Å²) in [6.07, 6.45) is 6.37. The van der Waals surface area contributed by atoms with Gasteiger partial charge in [0.25, 0.3) is 0 Å². The molecular weight excluding hydrogens is 138 g/mol. The van der Waals surface area contributed by atoms with Gasteiger partial charge in [0.05, 0.1) is 19.8 Å². The molecule has 0 amide bonds. The van der Waals surface area contributed by atoms with E-state index in [2.05, 4.69) is 17.7 Å². The van der Waals surface area contributed by atoms with Gasteiger partial charge in [-0.15, -0.1) is 6.42 Å². The minimum Gasteiger partial charge on any atom is -0.378 e. The molecule has 1 rings (SSSR count). The summed E-state index contributed by atoms with van der Waals surface area (Å²) < 4.78 is 5.34. The third kappa shape index (κ3) is 2.21. The van der Waals surface area contributed by atoms with Crippen molar-refractivity contribution in [3.8, 4) is 12.3 Å². The summed E-state index contributed by atoms with van der Waals surface area (Å²) in [5.41, 5.74) is 0. The average Bonchev–Trinajstić information content (AvgIpc) is 2.06. The third-order valence-corrected chi connectivity index (χ3v) is 2.12. The van der Waals surface area contributed by atoms with Gasteiger partial charge in [-0.05, 0) is 6.42 Å². The van der Waals surface area contributed by atoms with Crippen LogP contribution in [0, 0.1) is 12.3 Å². The molecule has 1 heterocycles. The second-order valence-electron chi connectivity index (χ2n) is 2.81. The van der Waals surface area contributed by atoms with E-state index in [0.717, 1.165) is 32.7 Å². The van der Waals surface area contributed by atoms with Crippen molar-refractivity contribution in [3.05, 3.63) is 0 Å². The van der Waals surface area contributed by atoms with Crippen molar-refractivity contribution in [1.82, 2.24) is 4.90 Å². The molecule has 1 unspecified atom stereocenters. The first kappa shape index (κ1) is 8.58. The summed E-state index contributed by atoms with van der Waals surface area (Å²) in [4.78, 5) is 2.31. The zero-order chi connectivity index (χ0) is 8.10. The Labute approximate surface area is 68.5 Å². The van der Waals surface area contributed by atoms with E-state index in [-0.39, 0.29) is 0 Å². The molecule has 62 valence electrons. The molecule has 0 aromatic carbocycles. The van der Waals surface area contributed by atoms with Crippen molar-refractivity contribution in [1.29, 1.82) is 0 Å². The van der Waals surface area contributed by atoms with Gasteiger partial charge < -0.3 is 4.74 Å². The average molecular weight is 153 g/mol. The molecule has 0 saturated carbocycles. The summed E-state index contributed by atoms with van der Waals surface area (Å²) in [7, 11) is 0. The van der Waals surface area contributed by atoms with Crippen molar-refractivity contribution in [2.24, 2.45) is 0 Å². The Morgan fingerprint density at radius 1 is 1.73 bits per heavy atom. The molecule has 11 heavy (non-hydrogen) atoms. The molecule has 0 spiro atoms. The Hall–Kier alpha value is -0.520. The molecule has 0 N–H and O–H groups in total. The monoisotopic (exact) mass is 153 g/mol. The first-order chi connectivity index (χ1) is 5.38. The van der Waals surface area contributed by atoms with Crippen molar-refractivity contribution in [2.45, 2.75) is 19.4 Å². The lowest BCUT2D eigenvalue weighted by molar-refractivity contribution is -0.00175. The van der Waals surface area contributed by atoms with Crippen molar-refractivity contribution < 1.29 is 4.74 Å². The maximum Gasteiger partial charge on any atom is 0.0622 e. The molecule has 2 heteroatoms. The largest absolute Gasteiger partial charge is 0.378 e. The van der Waals surface area contributed by atoms with Gasteiger partial charge in [0, 0.05) is 12.6 Å². The molecule has 0 bridgehead atoms. The van der Waals surface area contributed by atoms with Crippen LogP contribution in [0.25, 0.3) is 0 Å². The minimum absolute atomic E-state index is 0.541. The number of hydrogen-bond acceptors (Lipinski definition) is 2. The standard InChI is InChI=1S/C9H15NO/c1-3-5-10-6-7-11-8-9(10)4-2/h1,9H,4-8H2,2H3. The van der Waals surface area contributed by atoms with E-state index < -0.39 is 0 Å². The molecule has 1 saturated heterocycles. The van der Waals surface area contributed by atoms with Crippen LogP contribution in [-0.4, -0.2) is 37.2 Å². The van der Waals surface area contributed by atoms with Gasteiger partial charge in [-0.25, -0.2) is 0 Å². The Morgan fingerprint density at radius 3 is 3.18 bits per heavy atom. The lowest BCUT2D eigenvalue weighted by atomic mass is 10.2. The molecule has 1 aliphatic heterocycles. The Morgan fingerprint density at radius 2 is 2.55 bits per heavy atom. The molecule has 2 nitrogen and oxygen atoms in total. The van der Waals surface area contributed by atoms with Gasteiger partial charge in [-0.3, -0.25) is 4.90 Å². The maximum absolute atomic E-state index is 5.34. The fourth-order valence-corrected chi connectivity index (χ4v) is 1.39. The highest BCUT2D eigenvalue weighted by Crippen LogP contribution is 2.08. The molecular formula is C9H15NO.